The fourth-order valence-corrected chi connectivity index (χ4v) is 3.73. The van der Waals surface area contributed by atoms with E-state index in [1.165, 1.54) is 16.1 Å². The Morgan fingerprint density at radius 3 is 2.26 bits per heavy atom. The van der Waals surface area contributed by atoms with E-state index in [9.17, 15) is 12.8 Å². The van der Waals surface area contributed by atoms with Gasteiger partial charge in [0.05, 0.1) is 4.90 Å². The largest absolute Gasteiger partial charge is 0.267 e. The van der Waals surface area contributed by atoms with E-state index in [1.807, 2.05) is 6.92 Å². The molecule has 1 heterocycles. The maximum atomic E-state index is 13.0. The van der Waals surface area contributed by atoms with Crippen LogP contribution in [-0.2, 0) is 16.4 Å². The number of aryl methyl sites for hydroxylation is 1. The van der Waals surface area contributed by atoms with Gasteiger partial charge in [0.15, 0.2) is 0 Å². The standard InChI is InChI=1S/C18H16FNO2S/c1-14-12-20(23(21,22)18-5-3-2-4-6-18)13-16(14)11-15-7-9-17(19)10-8-15/h2-10,12-13H,11H2,1H3. The molecule has 3 rings (SSSR count). The first kappa shape index (κ1) is 15.5. The van der Waals surface area contributed by atoms with Crippen LogP contribution in [0.3, 0.4) is 0 Å². The van der Waals surface area contributed by atoms with Crippen LogP contribution in [-0.4, -0.2) is 12.4 Å². The summed E-state index contributed by atoms with van der Waals surface area (Å²) in [6.45, 7) is 1.87. The van der Waals surface area contributed by atoms with E-state index >= 15 is 0 Å². The van der Waals surface area contributed by atoms with Crippen molar-refractivity contribution in [1.82, 2.24) is 3.97 Å². The Hall–Kier alpha value is -2.40. The van der Waals surface area contributed by atoms with Gasteiger partial charge in [-0.15, -0.1) is 0 Å². The minimum absolute atomic E-state index is 0.253. The highest BCUT2D eigenvalue weighted by Crippen LogP contribution is 2.20. The third-order valence-corrected chi connectivity index (χ3v) is 5.37. The van der Waals surface area contributed by atoms with Gasteiger partial charge in [-0.25, -0.2) is 16.8 Å². The smallest absolute Gasteiger partial charge is 0.248 e. The maximum absolute atomic E-state index is 13.0. The van der Waals surface area contributed by atoms with Crippen molar-refractivity contribution < 1.29 is 12.8 Å². The Bertz CT molecular complexity index is 913. The highest BCUT2D eigenvalue weighted by Gasteiger charge is 2.17. The monoisotopic (exact) mass is 329 g/mol. The maximum Gasteiger partial charge on any atom is 0.267 e. The lowest BCUT2D eigenvalue weighted by Crippen LogP contribution is -2.10. The van der Waals surface area contributed by atoms with Crippen molar-refractivity contribution in [1.29, 1.82) is 0 Å². The molecule has 1 aromatic heterocycles. The molecular formula is C18H16FNO2S. The molecule has 3 aromatic rings. The van der Waals surface area contributed by atoms with Crippen LogP contribution in [0.15, 0.2) is 71.9 Å². The fourth-order valence-electron chi connectivity index (χ4n) is 2.43. The summed E-state index contributed by atoms with van der Waals surface area (Å²) in [5.74, 6) is -0.283. The third kappa shape index (κ3) is 3.19. The summed E-state index contributed by atoms with van der Waals surface area (Å²) in [6, 6.07) is 14.5. The zero-order valence-corrected chi connectivity index (χ0v) is 13.4. The molecule has 0 saturated heterocycles. The van der Waals surface area contributed by atoms with Crippen molar-refractivity contribution in [3.8, 4) is 0 Å². The molecule has 118 valence electrons. The highest BCUT2D eigenvalue weighted by atomic mass is 32.2. The van der Waals surface area contributed by atoms with Crippen molar-refractivity contribution in [3.05, 3.63) is 89.5 Å². The molecule has 0 bridgehead atoms. The zero-order chi connectivity index (χ0) is 16.4. The fraction of sp³-hybridized carbons (Fsp3) is 0.111. The molecule has 23 heavy (non-hydrogen) atoms. The molecule has 0 aliphatic carbocycles. The minimum Gasteiger partial charge on any atom is -0.248 e. The van der Waals surface area contributed by atoms with Gasteiger partial charge in [-0.3, -0.25) is 0 Å². The summed E-state index contributed by atoms with van der Waals surface area (Å²) in [6.07, 6.45) is 3.80. The van der Waals surface area contributed by atoms with Crippen molar-refractivity contribution in [2.45, 2.75) is 18.2 Å². The summed E-state index contributed by atoms with van der Waals surface area (Å²) in [4.78, 5) is 0.253. The van der Waals surface area contributed by atoms with Gasteiger partial charge in [0.1, 0.15) is 5.82 Å². The molecule has 0 aliphatic rings. The normalized spacial score (nSPS) is 11.6. The van der Waals surface area contributed by atoms with Gasteiger partial charge >= 0.3 is 0 Å². The number of nitrogens with zero attached hydrogens (tertiary/aromatic N) is 1. The summed E-state index contributed by atoms with van der Waals surface area (Å²) in [5.41, 5.74) is 2.72. The van der Waals surface area contributed by atoms with Crippen LogP contribution in [0.1, 0.15) is 16.7 Å². The number of rotatable bonds is 4. The second-order valence-corrected chi connectivity index (χ2v) is 7.26. The number of hydrogen-bond acceptors (Lipinski definition) is 2. The van der Waals surface area contributed by atoms with Crippen molar-refractivity contribution in [2.24, 2.45) is 0 Å². The number of aromatic nitrogens is 1. The van der Waals surface area contributed by atoms with E-state index in [1.54, 1.807) is 54.9 Å². The highest BCUT2D eigenvalue weighted by molar-refractivity contribution is 7.90. The van der Waals surface area contributed by atoms with E-state index in [0.29, 0.717) is 6.42 Å². The average Bonchev–Trinajstić information content (AvgIpc) is 2.92. The Morgan fingerprint density at radius 2 is 1.61 bits per heavy atom. The van der Waals surface area contributed by atoms with E-state index in [4.69, 9.17) is 0 Å². The Morgan fingerprint density at radius 1 is 0.957 bits per heavy atom. The van der Waals surface area contributed by atoms with E-state index in [2.05, 4.69) is 0 Å². The van der Waals surface area contributed by atoms with Crippen LogP contribution in [0, 0.1) is 12.7 Å². The topological polar surface area (TPSA) is 39.1 Å². The molecule has 0 aliphatic heterocycles. The van der Waals surface area contributed by atoms with Gasteiger partial charge in [0.25, 0.3) is 10.0 Å². The van der Waals surface area contributed by atoms with Crippen molar-refractivity contribution in [2.75, 3.05) is 0 Å². The van der Waals surface area contributed by atoms with Crippen LogP contribution in [0.5, 0.6) is 0 Å². The molecule has 0 spiro atoms. The predicted molar refractivity (Wildman–Crippen MR) is 87.4 cm³/mol. The molecule has 3 nitrogen and oxygen atoms in total. The lowest BCUT2D eigenvalue weighted by atomic mass is 10.1. The number of halogens is 1. The lowest BCUT2D eigenvalue weighted by Gasteiger charge is -2.05. The molecule has 0 unspecified atom stereocenters. The van der Waals surface area contributed by atoms with Crippen LogP contribution >= 0.6 is 0 Å². The van der Waals surface area contributed by atoms with Gasteiger partial charge in [-0.2, -0.15) is 0 Å². The summed E-state index contributed by atoms with van der Waals surface area (Å²) >= 11 is 0. The average molecular weight is 329 g/mol. The van der Waals surface area contributed by atoms with Gasteiger partial charge in [0, 0.05) is 12.4 Å². The van der Waals surface area contributed by atoms with Crippen LogP contribution in [0.25, 0.3) is 0 Å². The van der Waals surface area contributed by atoms with E-state index in [-0.39, 0.29) is 10.7 Å². The third-order valence-electron chi connectivity index (χ3n) is 3.74. The van der Waals surface area contributed by atoms with Crippen molar-refractivity contribution in [3.63, 3.8) is 0 Å². The second kappa shape index (κ2) is 6.01. The predicted octanol–water partition coefficient (Wildman–Crippen LogP) is 3.76. The molecule has 0 amide bonds. The molecule has 0 atom stereocenters. The second-order valence-electron chi connectivity index (χ2n) is 5.42. The molecule has 5 heteroatoms. The van der Waals surface area contributed by atoms with Gasteiger partial charge in [-0.1, -0.05) is 30.3 Å². The first-order valence-electron chi connectivity index (χ1n) is 7.19. The molecule has 0 radical (unpaired) electrons. The van der Waals surface area contributed by atoms with Gasteiger partial charge in [0.2, 0.25) is 0 Å². The summed E-state index contributed by atoms with van der Waals surface area (Å²) in [7, 11) is -3.58. The Labute approximate surface area is 135 Å². The van der Waals surface area contributed by atoms with E-state index < -0.39 is 10.0 Å². The molecular weight excluding hydrogens is 313 g/mol. The molecule has 0 fully saturated rings. The minimum atomic E-state index is -3.58. The molecule has 2 aromatic carbocycles. The van der Waals surface area contributed by atoms with Crippen LogP contribution in [0.4, 0.5) is 4.39 Å². The SMILES string of the molecule is Cc1cn(S(=O)(=O)c2ccccc2)cc1Cc1ccc(F)cc1. The lowest BCUT2D eigenvalue weighted by molar-refractivity contribution is 0.587. The van der Waals surface area contributed by atoms with Crippen LogP contribution in [0.2, 0.25) is 0 Å². The van der Waals surface area contributed by atoms with Crippen LogP contribution < -0.4 is 0 Å². The summed E-state index contributed by atoms with van der Waals surface area (Å²) < 4.78 is 39.4. The number of hydrogen-bond donors (Lipinski definition) is 0. The van der Waals surface area contributed by atoms with Gasteiger partial charge in [-0.05, 0) is 54.3 Å². The quantitative estimate of drug-likeness (QED) is 0.731. The Kier molecular flexibility index (Phi) is 4.05. The van der Waals surface area contributed by atoms with Crippen molar-refractivity contribution >= 4 is 10.0 Å². The first-order valence-corrected chi connectivity index (χ1v) is 8.63. The number of benzene rings is 2. The molecule has 0 saturated carbocycles. The zero-order valence-electron chi connectivity index (χ0n) is 12.6. The van der Waals surface area contributed by atoms with E-state index in [0.717, 1.165) is 16.7 Å². The Balaban J connectivity index is 1.93. The first-order chi connectivity index (χ1) is 11.0. The molecule has 0 N–H and O–H groups in total. The van der Waals surface area contributed by atoms with Gasteiger partial charge < -0.3 is 0 Å². The summed E-state index contributed by atoms with van der Waals surface area (Å²) in [5, 5.41) is 0.